The highest BCUT2D eigenvalue weighted by molar-refractivity contribution is 6.74. The number of amides is 1. The number of hydrogen-bond acceptors (Lipinski definition) is 5. The molecule has 1 aromatic heterocycles. The quantitative estimate of drug-likeness (QED) is 0.140. The van der Waals surface area contributed by atoms with E-state index in [1.54, 1.807) is 6.07 Å². The molecule has 8 nitrogen and oxygen atoms in total. The zero-order chi connectivity index (χ0) is 28.5. The summed E-state index contributed by atoms with van der Waals surface area (Å²) in [7, 11) is -2.13. The maximum atomic E-state index is 12.3. The summed E-state index contributed by atoms with van der Waals surface area (Å²) in [5.74, 6) is 0.629. The molecule has 0 aliphatic rings. The van der Waals surface area contributed by atoms with Crippen molar-refractivity contribution in [2.45, 2.75) is 70.9 Å². The van der Waals surface area contributed by atoms with Gasteiger partial charge < -0.3 is 29.9 Å². The molecule has 1 heterocycles. The maximum Gasteiger partial charge on any atom is 0.404 e. The Morgan fingerprint density at radius 3 is 2.41 bits per heavy atom. The average molecular weight is 554 g/mol. The molecule has 0 fully saturated rings. The largest absolute Gasteiger partial charge is 0.487 e. The highest BCUT2D eigenvalue weighted by atomic mass is 28.4. The van der Waals surface area contributed by atoms with Gasteiger partial charge in [-0.1, -0.05) is 63.6 Å². The maximum absolute atomic E-state index is 12.3. The molecule has 3 aromatic rings. The highest BCUT2D eigenvalue weighted by Gasteiger charge is 2.39. The van der Waals surface area contributed by atoms with Crippen LogP contribution < -0.4 is 20.9 Å². The van der Waals surface area contributed by atoms with Crippen molar-refractivity contribution < 1.29 is 19.1 Å². The SMILES string of the molecule is CC(C)(C)[Si](C)(C)OC(CNCCCCCNC(=O)O)c1ccc(OCc2ccccc2)c2[nH]c(=O)ccc12. The first-order valence-corrected chi connectivity index (χ1v) is 16.6. The lowest BCUT2D eigenvalue weighted by Gasteiger charge is -2.39. The number of ether oxygens (including phenoxy) is 1. The lowest BCUT2D eigenvalue weighted by Crippen LogP contribution is -2.43. The van der Waals surface area contributed by atoms with Crippen LogP contribution in [-0.2, 0) is 11.0 Å². The van der Waals surface area contributed by atoms with Gasteiger partial charge in [-0.3, -0.25) is 4.79 Å². The summed E-state index contributed by atoms with van der Waals surface area (Å²) in [6.45, 7) is 13.5. The van der Waals surface area contributed by atoms with E-state index in [1.165, 1.54) is 0 Å². The van der Waals surface area contributed by atoms with Crippen LogP contribution in [0.25, 0.3) is 10.9 Å². The Morgan fingerprint density at radius 2 is 1.72 bits per heavy atom. The highest BCUT2D eigenvalue weighted by Crippen LogP contribution is 2.41. The molecular weight excluding hydrogens is 510 g/mol. The second-order valence-corrected chi connectivity index (χ2v) is 16.2. The topological polar surface area (TPSA) is 113 Å². The number of pyridine rings is 1. The van der Waals surface area contributed by atoms with E-state index >= 15 is 0 Å². The van der Waals surface area contributed by atoms with Crippen LogP contribution in [-0.4, -0.2) is 44.1 Å². The Morgan fingerprint density at radius 1 is 1.00 bits per heavy atom. The molecule has 0 aliphatic carbocycles. The van der Waals surface area contributed by atoms with Crippen LogP contribution in [0.15, 0.2) is 59.4 Å². The van der Waals surface area contributed by atoms with E-state index in [9.17, 15) is 9.59 Å². The molecular formula is C30H43N3O5Si. The Balaban J connectivity index is 1.82. The summed E-state index contributed by atoms with van der Waals surface area (Å²) in [6, 6.07) is 17.3. The van der Waals surface area contributed by atoms with E-state index in [0.29, 0.717) is 31.0 Å². The van der Waals surface area contributed by atoms with Gasteiger partial charge in [0.05, 0.1) is 11.6 Å². The van der Waals surface area contributed by atoms with Crippen molar-refractivity contribution in [3.63, 3.8) is 0 Å². The third-order valence-electron chi connectivity index (χ3n) is 7.35. The molecule has 39 heavy (non-hydrogen) atoms. The van der Waals surface area contributed by atoms with Crippen molar-refractivity contribution >= 4 is 25.3 Å². The number of unbranched alkanes of at least 4 members (excludes halogenated alkanes) is 2. The molecule has 1 unspecified atom stereocenters. The number of rotatable bonds is 14. The smallest absolute Gasteiger partial charge is 0.404 e. The standard InChI is InChI=1S/C30H43N3O5Si/c1-30(2,3)39(4,5)38-26(20-31-18-10-7-11-19-32-29(35)36)23-14-16-25(28-24(23)15-17-27(34)33-28)37-21-22-12-8-6-9-13-22/h6,8-9,12-17,26,31-32H,7,10-11,18-21H2,1-5H3,(H,33,34)(H,35,36). The van der Waals surface area contributed by atoms with E-state index in [2.05, 4.69) is 55.5 Å². The summed E-state index contributed by atoms with van der Waals surface area (Å²) in [5.41, 5.74) is 2.55. The number of H-pyrrole nitrogens is 1. The van der Waals surface area contributed by atoms with E-state index < -0.39 is 14.4 Å². The molecule has 0 aliphatic heterocycles. The lowest BCUT2D eigenvalue weighted by molar-refractivity contribution is 0.181. The third kappa shape index (κ3) is 8.95. The Hall–Kier alpha value is -3.14. The van der Waals surface area contributed by atoms with Crippen molar-refractivity contribution in [1.29, 1.82) is 0 Å². The number of benzene rings is 2. The van der Waals surface area contributed by atoms with Gasteiger partial charge in [0, 0.05) is 24.5 Å². The van der Waals surface area contributed by atoms with Crippen molar-refractivity contribution in [1.82, 2.24) is 15.6 Å². The van der Waals surface area contributed by atoms with Gasteiger partial charge in [-0.2, -0.15) is 0 Å². The third-order valence-corrected chi connectivity index (χ3v) is 11.8. The van der Waals surface area contributed by atoms with Crippen LogP contribution >= 0.6 is 0 Å². The summed E-state index contributed by atoms with van der Waals surface area (Å²) in [5, 5.41) is 15.6. The van der Waals surface area contributed by atoms with E-state index in [4.69, 9.17) is 14.3 Å². The number of hydrogen-bond donors (Lipinski definition) is 4. The van der Waals surface area contributed by atoms with Crippen molar-refractivity contribution in [3.05, 3.63) is 76.1 Å². The van der Waals surface area contributed by atoms with Crippen LogP contribution in [0.4, 0.5) is 4.79 Å². The van der Waals surface area contributed by atoms with Crippen LogP contribution in [0.1, 0.15) is 57.3 Å². The first-order chi connectivity index (χ1) is 18.5. The minimum absolute atomic E-state index is 0.0330. The number of aromatic nitrogens is 1. The number of fused-ring (bicyclic) bond motifs is 1. The minimum atomic E-state index is -2.13. The fourth-order valence-corrected chi connectivity index (χ4v) is 5.39. The van der Waals surface area contributed by atoms with Crippen LogP contribution in [0.2, 0.25) is 18.1 Å². The van der Waals surface area contributed by atoms with Gasteiger partial charge in [0.15, 0.2) is 8.32 Å². The normalized spacial score (nSPS) is 12.8. The predicted molar refractivity (Wildman–Crippen MR) is 159 cm³/mol. The summed E-state index contributed by atoms with van der Waals surface area (Å²) in [4.78, 5) is 25.9. The van der Waals surface area contributed by atoms with Gasteiger partial charge in [-0.15, -0.1) is 0 Å². The van der Waals surface area contributed by atoms with E-state index in [0.717, 1.165) is 42.3 Å². The summed E-state index contributed by atoms with van der Waals surface area (Å²) in [6.07, 6.45) is 1.48. The monoisotopic (exact) mass is 553 g/mol. The van der Waals surface area contributed by atoms with Gasteiger partial charge in [-0.05, 0) is 60.8 Å². The van der Waals surface area contributed by atoms with E-state index in [-0.39, 0.29) is 16.7 Å². The van der Waals surface area contributed by atoms with Crippen molar-refractivity contribution in [3.8, 4) is 5.75 Å². The molecule has 4 N–H and O–H groups in total. The Labute approximate surface area is 232 Å². The van der Waals surface area contributed by atoms with Crippen molar-refractivity contribution in [2.75, 3.05) is 19.6 Å². The first-order valence-electron chi connectivity index (χ1n) is 13.7. The van der Waals surface area contributed by atoms with Crippen LogP contribution in [0.5, 0.6) is 5.75 Å². The molecule has 1 amide bonds. The number of nitrogens with one attached hydrogen (secondary N) is 3. The molecule has 9 heteroatoms. The predicted octanol–water partition coefficient (Wildman–Crippen LogP) is 6.20. The molecule has 0 bridgehead atoms. The summed E-state index contributed by atoms with van der Waals surface area (Å²) < 4.78 is 13.1. The second-order valence-electron chi connectivity index (χ2n) is 11.4. The second kappa shape index (κ2) is 13.8. The van der Waals surface area contributed by atoms with Gasteiger partial charge in [0.2, 0.25) is 5.56 Å². The molecule has 0 saturated heterocycles. The molecule has 0 saturated carbocycles. The van der Waals surface area contributed by atoms with Gasteiger partial charge >= 0.3 is 6.09 Å². The molecule has 3 rings (SSSR count). The minimum Gasteiger partial charge on any atom is -0.487 e. The number of carboxylic acid groups (broad SMARTS) is 1. The number of aromatic amines is 1. The molecule has 0 spiro atoms. The summed E-state index contributed by atoms with van der Waals surface area (Å²) >= 11 is 0. The van der Waals surface area contributed by atoms with Crippen LogP contribution in [0.3, 0.4) is 0 Å². The molecule has 2 aromatic carbocycles. The van der Waals surface area contributed by atoms with Crippen LogP contribution in [0, 0.1) is 0 Å². The first kappa shape index (κ1) is 30.4. The molecule has 212 valence electrons. The lowest BCUT2D eigenvalue weighted by atomic mass is 10.0. The zero-order valence-electron chi connectivity index (χ0n) is 23.8. The Kier molecular flexibility index (Phi) is 10.7. The van der Waals surface area contributed by atoms with Gasteiger partial charge in [0.1, 0.15) is 12.4 Å². The number of carbonyl (C=O) groups is 1. The van der Waals surface area contributed by atoms with Crippen molar-refractivity contribution in [2.24, 2.45) is 0 Å². The average Bonchev–Trinajstić information content (AvgIpc) is 2.87. The molecule has 0 radical (unpaired) electrons. The fourth-order valence-electron chi connectivity index (χ4n) is 4.11. The van der Waals surface area contributed by atoms with Gasteiger partial charge in [-0.25, -0.2) is 4.79 Å². The van der Waals surface area contributed by atoms with Gasteiger partial charge in [0.25, 0.3) is 0 Å². The fraction of sp³-hybridized carbons (Fsp3) is 0.467. The van der Waals surface area contributed by atoms with E-state index in [1.807, 2.05) is 42.5 Å². The Bertz CT molecular complexity index is 1270. The molecule has 1 atom stereocenters. The zero-order valence-corrected chi connectivity index (χ0v) is 24.8.